The molecule has 0 fully saturated rings. The summed E-state index contributed by atoms with van der Waals surface area (Å²) >= 11 is 0. The fourth-order valence-corrected chi connectivity index (χ4v) is 2.16. The maximum atomic E-state index is 13.1. The zero-order valence-electron chi connectivity index (χ0n) is 11.0. The van der Waals surface area contributed by atoms with Crippen LogP contribution in [0.5, 0.6) is 0 Å². The van der Waals surface area contributed by atoms with E-state index < -0.39 is 0 Å². The molecule has 1 nitrogen and oxygen atoms in total. The van der Waals surface area contributed by atoms with Crippen molar-refractivity contribution in [2.75, 3.05) is 0 Å². The Balaban J connectivity index is 1.95. The van der Waals surface area contributed by atoms with Gasteiger partial charge in [0.25, 0.3) is 0 Å². The highest BCUT2D eigenvalue weighted by Crippen LogP contribution is 2.20. The Morgan fingerprint density at radius 2 is 2.00 bits per heavy atom. The summed E-state index contributed by atoms with van der Waals surface area (Å²) in [6.07, 6.45) is 1.31. The topological polar surface area (TPSA) is 23.9 Å². The van der Waals surface area contributed by atoms with Gasteiger partial charge in [0.2, 0.25) is 0 Å². The van der Waals surface area contributed by atoms with E-state index in [2.05, 4.69) is 6.07 Å². The van der Waals surface area contributed by atoms with E-state index in [0.717, 1.165) is 11.1 Å². The normalized spacial score (nSPS) is 12.1. The Morgan fingerprint density at radius 1 is 1.26 bits per heavy atom. The van der Waals surface area contributed by atoms with Crippen LogP contribution in [0.3, 0.4) is 0 Å². The van der Waals surface area contributed by atoms with Gasteiger partial charge < -0.3 is 5.41 Å². The average Bonchev–Trinajstić information content (AvgIpc) is 2.39. The zero-order chi connectivity index (χ0) is 13.7. The lowest BCUT2D eigenvalue weighted by atomic mass is 9.93. The molecule has 1 N–H and O–H groups in total. The lowest BCUT2D eigenvalue weighted by Crippen LogP contribution is -2.07. The van der Waals surface area contributed by atoms with Crippen LogP contribution in [0.4, 0.5) is 4.39 Å². The number of halogens is 1. The monoisotopic (exact) mass is 254 g/mol. The van der Waals surface area contributed by atoms with E-state index in [1.807, 2.05) is 43.3 Å². The van der Waals surface area contributed by atoms with Crippen molar-refractivity contribution in [1.82, 2.24) is 0 Å². The molecule has 2 aromatic rings. The van der Waals surface area contributed by atoms with Gasteiger partial charge in [-0.3, -0.25) is 0 Å². The Labute approximate surface area is 113 Å². The molecule has 0 saturated heterocycles. The number of benzene rings is 2. The van der Waals surface area contributed by atoms with Gasteiger partial charge in [-0.1, -0.05) is 49.4 Å². The van der Waals surface area contributed by atoms with E-state index in [0.29, 0.717) is 18.6 Å². The molecule has 0 aromatic heterocycles. The maximum Gasteiger partial charge on any atom is 0.131 e. The van der Waals surface area contributed by atoms with Crippen molar-refractivity contribution in [3.63, 3.8) is 0 Å². The molecule has 1 atom stereocenters. The molecule has 0 spiro atoms. The van der Waals surface area contributed by atoms with Gasteiger partial charge in [0.05, 0.1) is 0 Å². The van der Waals surface area contributed by atoms with Crippen molar-refractivity contribution in [3.05, 3.63) is 71.5 Å². The minimum atomic E-state index is -0.334. The van der Waals surface area contributed by atoms with Crippen LogP contribution in [0.15, 0.2) is 48.5 Å². The van der Waals surface area contributed by atoms with E-state index in [9.17, 15) is 4.39 Å². The van der Waals surface area contributed by atoms with Crippen LogP contribution in [0, 0.1) is 17.3 Å². The number of hydrogen-bond donors (Lipinski definition) is 1. The lowest BCUT2D eigenvalue weighted by Gasteiger charge is -2.13. The second kappa shape index (κ2) is 6.28. The predicted molar refractivity (Wildman–Crippen MR) is 76.1 cm³/mol. The van der Waals surface area contributed by atoms with Crippen molar-refractivity contribution >= 4 is 5.71 Å². The lowest BCUT2D eigenvalue weighted by molar-refractivity contribution is 0.619. The van der Waals surface area contributed by atoms with Crippen molar-refractivity contribution in [3.8, 4) is 0 Å². The summed E-state index contributed by atoms with van der Waals surface area (Å²) in [6.45, 7) is 2.02. The van der Waals surface area contributed by atoms with Crippen LogP contribution in [0.25, 0.3) is 0 Å². The largest absolute Gasteiger partial charge is 0.309 e. The van der Waals surface area contributed by atoms with E-state index >= 15 is 0 Å². The first-order valence-corrected chi connectivity index (χ1v) is 6.42. The highest BCUT2D eigenvalue weighted by molar-refractivity contribution is 5.84. The molecule has 0 aliphatic rings. The maximum absolute atomic E-state index is 13.1. The molecule has 0 aliphatic carbocycles. The fourth-order valence-electron chi connectivity index (χ4n) is 2.16. The molecule has 0 saturated carbocycles. The highest BCUT2D eigenvalue weighted by atomic mass is 19.1. The summed E-state index contributed by atoms with van der Waals surface area (Å²) in [5, 5.41) is 8.06. The Morgan fingerprint density at radius 3 is 2.68 bits per heavy atom. The average molecular weight is 254 g/mol. The van der Waals surface area contributed by atoms with Crippen molar-refractivity contribution in [1.29, 1.82) is 5.41 Å². The second-order valence-corrected chi connectivity index (χ2v) is 4.84. The van der Waals surface area contributed by atoms with Crippen molar-refractivity contribution < 1.29 is 4.39 Å². The first-order valence-electron chi connectivity index (χ1n) is 6.42. The van der Waals surface area contributed by atoms with Gasteiger partial charge in [-0.05, 0) is 29.5 Å². The third-order valence-corrected chi connectivity index (χ3v) is 3.17. The molecule has 0 heterocycles. The van der Waals surface area contributed by atoms with Crippen LogP contribution in [0.2, 0.25) is 0 Å². The van der Waals surface area contributed by atoms with E-state index in [4.69, 9.17) is 5.41 Å². The first-order chi connectivity index (χ1) is 9.15. The molecule has 19 heavy (non-hydrogen) atoms. The number of nitrogens with one attached hydrogen (secondary N) is 1. The quantitative estimate of drug-likeness (QED) is 0.765. The molecule has 2 heteroatoms. The minimum Gasteiger partial charge on any atom is -0.309 e. The number of hydrogen-bond acceptors (Lipinski definition) is 1. The highest BCUT2D eigenvalue weighted by Gasteiger charge is 2.10. The summed E-state index contributed by atoms with van der Waals surface area (Å²) in [7, 11) is 0. The van der Waals surface area contributed by atoms with Crippen LogP contribution >= 0.6 is 0 Å². The third-order valence-electron chi connectivity index (χ3n) is 3.17. The molecule has 0 bridgehead atoms. The molecule has 1 unspecified atom stereocenters. The van der Waals surface area contributed by atoms with E-state index in [-0.39, 0.29) is 11.7 Å². The summed E-state index contributed by atoms with van der Waals surface area (Å²) in [5.74, 6) is -0.181. The number of rotatable bonds is 5. The molecule has 2 aromatic carbocycles. The molecule has 0 aliphatic heterocycles. The van der Waals surface area contributed by atoms with Gasteiger partial charge in [0.15, 0.2) is 0 Å². The molecular formula is C17H17FN. The molecule has 0 amide bonds. The Kier molecular flexibility index (Phi) is 4.45. The van der Waals surface area contributed by atoms with Gasteiger partial charge in [-0.15, -0.1) is 0 Å². The van der Waals surface area contributed by atoms with Crippen LogP contribution in [-0.2, 0) is 6.42 Å². The van der Waals surface area contributed by atoms with Gasteiger partial charge >= 0.3 is 0 Å². The third kappa shape index (κ3) is 4.02. The molecular weight excluding hydrogens is 237 g/mol. The summed E-state index contributed by atoms with van der Waals surface area (Å²) in [5.41, 5.74) is 2.74. The Bertz CT molecular complexity index is 548. The SMILES string of the molecule is CC(CC(=N)Cc1ccccc1)c1cc[c]c(F)c1. The fraction of sp³-hybridized carbons (Fsp3) is 0.235. The predicted octanol–water partition coefficient (Wildman–Crippen LogP) is 4.38. The van der Waals surface area contributed by atoms with Gasteiger partial charge in [0, 0.05) is 18.2 Å². The summed E-state index contributed by atoms with van der Waals surface area (Å²) in [4.78, 5) is 0. The van der Waals surface area contributed by atoms with E-state index in [1.165, 1.54) is 6.07 Å². The summed E-state index contributed by atoms with van der Waals surface area (Å²) < 4.78 is 13.1. The Hall–Kier alpha value is -1.96. The van der Waals surface area contributed by atoms with Gasteiger partial charge in [-0.25, -0.2) is 4.39 Å². The van der Waals surface area contributed by atoms with Crippen LogP contribution in [-0.4, -0.2) is 5.71 Å². The zero-order valence-corrected chi connectivity index (χ0v) is 11.0. The van der Waals surface area contributed by atoms with Crippen LogP contribution < -0.4 is 0 Å². The standard InChI is InChI=1S/C17H17FN/c1-13(15-8-5-9-16(18)12-15)10-17(19)11-14-6-3-2-4-7-14/h2-8,12-13,19H,10-11H2,1H3. The smallest absolute Gasteiger partial charge is 0.131 e. The van der Waals surface area contributed by atoms with E-state index in [1.54, 1.807) is 6.07 Å². The minimum absolute atomic E-state index is 0.153. The molecule has 2 rings (SSSR count). The summed E-state index contributed by atoms with van der Waals surface area (Å²) in [6, 6.07) is 17.4. The van der Waals surface area contributed by atoms with Crippen molar-refractivity contribution in [2.45, 2.75) is 25.7 Å². The second-order valence-electron chi connectivity index (χ2n) is 4.84. The first kappa shape index (κ1) is 13.5. The van der Waals surface area contributed by atoms with Crippen LogP contribution in [0.1, 0.15) is 30.4 Å². The molecule has 97 valence electrons. The molecule has 1 radical (unpaired) electrons. The van der Waals surface area contributed by atoms with Gasteiger partial charge in [0.1, 0.15) is 5.82 Å². The van der Waals surface area contributed by atoms with Gasteiger partial charge in [-0.2, -0.15) is 0 Å². The van der Waals surface area contributed by atoms with Crippen molar-refractivity contribution in [2.24, 2.45) is 0 Å².